The lowest BCUT2D eigenvalue weighted by atomic mass is 10.1. The summed E-state index contributed by atoms with van der Waals surface area (Å²) in [5, 5.41) is 11.6. The van der Waals surface area contributed by atoms with Gasteiger partial charge in [-0.05, 0) is 30.0 Å². The molecule has 106 valence electrons. The predicted molar refractivity (Wildman–Crippen MR) is 86.9 cm³/mol. The van der Waals surface area contributed by atoms with E-state index in [1.165, 1.54) is 5.56 Å². The molecule has 0 bridgehead atoms. The van der Waals surface area contributed by atoms with Crippen molar-refractivity contribution in [3.05, 3.63) is 65.9 Å². The summed E-state index contributed by atoms with van der Waals surface area (Å²) in [4.78, 5) is 6.63. The molecule has 0 aliphatic rings. The summed E-state index contributed by atoms with van der Waals surface area (Å²) >= 11 is 0. The van der Waals surface area contributed by atoms with Crippen LogP contribution in [-0.2, 0) is 6.61 Å². The Bertz CT molecular complexity index is 783. The number of aryl methyl sites for hydroxylation is 1. The van der Waals surface area contributed by atoms with E-state index in [1.807, 2.05) is 37.4 Å². The van der Waals surface area contributed by atoms with Gasteiger partial charge in [-0.2, -0.15) is 0 Å². The monoisotopic (exact) mass is 278 g/mol. The van der Waals surface area contributed by atoms with Crippen molar-refractivity contribution in [1.29, 1.82) is 0 Å². The third kappa shape index (κ3) is 2.48. The van der Waals surface area contributed by atoms with Crippen molar-refractivity contribution >= 4 is 22.3 Å². The summed E-state index contributed by atoms with van der Waals surface area (Å²) in [6, 6.07) is 16.4. The third-order valence-corrected chi connectivity index (χ3v) is 3.73. The number of pyridine rings is 1. The van der Waals surface area contributed by atoms with Gasteiger partial charge in [0.1, 0.15) is 5.82 Å². The zero-order valence-electron chi connectivity index (χ0n) is 12.2. The van der Waals surface area contributed by atoms with Crippen LogP contribution >= 0.6 is 0 Å². The minimum atomic E-state index is 0.00194. The van der Waals surface area contributed by atoms with Crippen LogP contribution in [-0.4, -0.2) is 17.1 Å². The van der Waals surface area contributed by atoms with Crippen molar-refractivity contribution in [3.63, 3.8) is 0 Å². The van der Waals surface area contributed by atoms with E-state index in [2.05, 4.69) is 35.0 Å². The maximum absolute atomic E-state index is 9.46. The number of rotatable bonds is 3. The van der Waals surface area contributed by atoms with Gasteiger partial charge in [-0.1, -0.05) is 36.4 Å². The molecule has 1 aromatic heterocycles. The van der Waals surface area contributed by atoms with Crippen molar-refractivity contribution < 1.29 is 5.11 Å². The molecule has 0 aliphatic carbocycles. The van der Waals surface area contributed by atoms with Gasteiger partial charge in [-0.3, -0.25) is 0 Å². The van der Waals surface area contributed by atoms with Crippen LogP contribution in [0.15, 0.2) is 54.7 Å². The number of nitrogens with zero attached hydrogens (tertiary/aromatic N) is 2. The van der Waals surface area contributed by atoms with Crippen molar-refractivity contribution in [2.45, 2.75) is 13.5 Å². The first-order valence-electron chi connectivity index (χ1n) is 6.98. The number of aliphatic hydroxyl groups excluding tert-OH is 1. The quantitative estimate of drug-likeness (QED) is 0.791. The first kappa shape index (κ1) is 13.6. The second kappa shape index (κ2) is 5.54. The van der Waals surface area contributed by atoms with E-state index in [9.17, 15) is 5.11 Å². The molecule has 0 saturated carbocycles. The lowest BCUT2D eigenvalue weighted by Gasteiger charge is -2.21. The first-order valence-corrected chi connectivity index (χ1v) is 6.98. The number of aliphatic hydroxyl groups is 1. The van der Waals surface area contributed by atoms with E-state index in [-0.39, 0.29) is 6.61 Å². The molecule has 21 heavy (non-hydrogen) atoms. The Morgan fingerprint density at radius 3 is 2.52 bits per heavy atom. The van der Waals surface area contributed by atoms with Crippen molar-refractivity contribution in [2.75, 3.05) is 11.9 Å². The van der Waals surface area contributed by atoms with Crippen LogP contribution in [0.4, 0.5) is 11.5 Å². The molecule has 0 spiro atoms. The van der Waals surface area contributed by atoms with Crippen LogP contribution in [0.25, 0.3) is 10.8 Å². The van der Waals surface area contributed by atoms with Gasteiger partial charge >= 0.3 is 0 Å². The summed E-state index contributed by atoms with van der Waals surface area (Å²) in [7, 11) is 2.02. The standard InChI is InChI=1S/C18H18N2O/c1-13-6-5-7-15(10-13)20(2)18-17-9-4-3-8-16(17)14(12-21)11-19-18/h3-11,21H,12H2,1-2H3. The molecule has 1 N–H and O–H groups in total. The average molecular weight is 278 g/mol. The number of hydrogen-bond donors (Lipinski definition) is 1. The van der Waals surface area contributed by atoms with Crippen molar-refractivity contribution in [2.24, 2.45) is 0 Å². The highest BCUT2D eigenvalue weighted by Crippen LogP contribution is 2.31. The molecule has 3 heteroatoms. The number of aromatic nitrogens is 1. The van der Waals surface area contributed by atoms with Crippen LogP contribution < -0.4 is 4.90 Å². The molecule has 0 aliphatic heterocycles. The van der Waals surface area contributed by atoms with E-state index < -0.39 is 0 Å². The second-order valence-corrected chi connectivity index (χ2v) is 5.21. The highest BCUT2D eigenvalue weighted by molar-refractivity contribution is 5.95. The number of fused-ring (bicyclic) bond motifs is 1. The normalized spacial score (nSPS) is 10.8. The van der Waals surface area contributed by atoms with Gasteiger partial charge in [0.15, 0.2) is 0 Å². The number of anilines is 2. The Kier molecular flexibility index (Phi) is 3.59. The molecule has 3 aromatic rings. The highest BCUT2D eigenvalue weighted by Gasteiger charge is 2.11. The summed E-state index contributed by atoms with van der Waals surface area (Å²) < 4.78 is 0. The minimum absolute atomic E-state index is 0.00194. The largest absolute Gasteiger partial charge is 0.392 e. The Morgan fingerprint density at radius 1 is 1.05 bits per heavy atom. The number of hydrogen-bond acceptors (Lipinski definition) is 3. The van der Waals surface area contributed by atoms with Crippen LogP contribution in [0.3, 0.4) is 0 Å². The van der Waals surface area contributed by atoms with Crippen LogP contribution in [0.2, 0.25) is 0 Å². The molecular formula is C18H18N2O. The van der Waals surface area contributed by atoms with Gasteiger partial charge in [0.25, 0.3) is 0 Å². The topological polar surface area (TPSA) is 36.4 Å². The minimum Gasteiger partial charge on any atom is -0.392 e. The summed E-state index contributed by atoms with van der Waals surface area (Å²) in [6.07, 6.45) is 1.75. The zero-order chi connectivity index (χ0) is 14.8. The molecule has 0 radical (unpaired) electrons. The van der Waals surface area contributed by atoms with E-state index in [4.69, 9.17) is 0 Å². The van der Waals surface area contributed by atoms with Gasteiger partial charge in [0, 0.05) is 29.9 Å². The maximum Gasteiger partial charge on any atom is 0.140 e. The molecule has 0 atom stereocenters. The Hall–Kier alpha value is -2.39. The average Bonchev–Trinajstić information content (AvgIpc) is 2.53. The van der Waals surface area contributed by atoms with E-state index in [1.54, 1.807) is 6.20 Å². The van der Waals surface area contributed by atoms with Gasteiger partial charge in [-0.15, -0.1) is 0 Å². The molecule has 0 fully saturated rings. The smallest absolute Gasteiger partial charge is 0.140 e. The third-order valence-electron chi connectivity index (χ3n) is 3.73. The fraction of sp³-hybridized carbons (Fsp3) is 0.167. The molecular weight excluding hydrogens is 260 g/mol. The zero-order valence-corrected chi connectivity index (χ0v) is 12.2. The first-order chi connectivity index (χ1) is 10.2. The molecule has 0 amide bonds. The summed E-state index contributed by atoms with van der Waals surface area (Å²) in [6.45, 7) is 2.08. The van der Waals surface area contributed by atoms with Crippen LogP contribution in [0.1, 0.15) is 11.1 Å². The van der Waals surface area contributed by atoms with Gasteiger partial charge < -0.3 is 10.0 Å². The molecule has 3 nitrogen and oxygen atoms in total. The van der Waals surface area contributed by atoms with E-state index in [0.717, 1.165) is 27.8 Å². The predicted octanol–water partition coefficient (Wildman–Crippen LogP) is 3.80. The van der Waals surface area contributed by atoms with Crippen LogP contribution in [0, 0.1) is 6.92 Å². The lowest BCUT2D eigenvalue weighted by molar-refractivity contribution is 0.283. The molecule has 2 aromatic carbocycles. The molecule has 1 heterocycles. The SMILES string of the molecule is Cc1cccc(N(C)c2ncc(CO)c3ccccc23)c1. The molecule has 0 saturated heterocycles. The van der Waals surface area contributed by atoms with Crippen molar-refractivity contribution in [3.8, 4) is 0 Å². The summed E-state index contributed by atoms with van der Waals surface area (Å²) in [5.74, 6) is 0.897. The molecule has 3 rings (SSSR count). The highest BCUT2D eigenvalue weighted by atomic mass is 16.3. The Morgan fingerprint density at radius 2 is 1.81 bits per heavy atom. The van der Waals surface area contributed by atoms with E-state index >= 15 is 0 Å². The second-order valence-electron chi connectivity index (χ2n) is 5.21. The maximum atomic E-state index is 9.46. The fourth-order valence-corrected chi connectivity index (χ4v) is 2.59. The fourth-order valence-electron chi connectivity index (χ4n) is 2.59. The van der Waals surface area contributed by atoms with Crippen LogP contribution in [0.5, 0.6) is 0 Å². The Labute approximate surface area is 124 Å². The van der Waals surface area contributed by atoms with Gasteiger partial charge in [-0.25, -0.2) is 4.98 Å². The van der Waals surface area contributed by atoms with Gasteiger partial charge in [0.2, 0.25) is 0 Å². The van der Waals surface area contributed by atoms with Gasteiger partial charge in [0.05, 0.1) is 6.61 Å². The van der Waals surface area contributed by atoms with Crippen molar-refractivity contribution in [1.82, 2.24) is 4.98 Å². The lowest BCUT2D eigenvalue weighted by Crippen LogP contribution is -2.12. The Balaban J connectivity index is 2.17. The number of benzene rings is 2. The van der Waals surface area contributed by atoms with E-state index in [0.29, 0.717) is 0 Å². The molecule has 0 unspecified atom stereocenters. The summed E-state index contributed by atoms with van der Waals surface area (Å²) in [5.41, 5.74) is 3.17.